The minimum Gasteiger partial charge on any atom is -0.505 e. The minimum absolute atomic E-state index is 0.382. The first kappa shape index (κ1) is 13.5. The van der Waals surface area contributed by atoms with Crippen molar-refractivity contribution in [2.24, 2.45) is 0 Å². The predicted molar refractivity (Wildman–Crippen MR) is 85.9 cm³/mol. The summed E-state index contributed by atoms with van der Waals surface area (Å²) in [7, 11) is 0. The van der Waals surface area contributed by atoms with Crippen molar-refractivity contribution in [3.63, 3.8) is 0 Å². The molecule has 4 aromatic rings. The number of phenols is 1. The van der Waals surface area contributed by atoms with E-state index in [2.05, 4.69) is 10.1 Å². The fraction of sp³-hybridized carbons (Fsp3) is 0. The lowest BCUT2D eigenvalue weighted by Gasteiger charge is -2.06. The summed E-state index contributed by atoms with van der Waals surface area (Å²) in [5.74, 6) is -1.03. The quantitative estimate of drug-likeness (QED) is 0.610. The highest BCUT2D eigenvalue weighted by Gasteiger charge is 2.09. The smallest absolute Gasteiger partial charge is 0.165 e. The Bertz CT molecular complexity index is 979. The Morgan fingerprint density at radius 3 is 2.35 bits per heavy atom. The molecular formula is C18H12FN3O. The van der Waals surface area contributed by atoms with Crippen molar-refractivity contribution in [2.75, 3.05) is 0 Å². The summed E-state index contributed by atoms with van der Waals surface area (Å²) >= 11 is 0. The Balaban J connectivity index is 1.78. The SMILES string of the molecule is Oc1cc2c(cnn2-c2ccc(-c3ccncc3)cc2)cc1F. The highest BCUT2D eigenvalue weighted by molar-refractivity contribution is 5.82. The maximum atomic E-state index is 13.4. The Kier molecular flexibility index (Phi) is 3.05. The molecule has 1 N–H and O–H groups in total. The number of phenolic OH excluding ortho intramolecular Hbond substituents is 1. The van der Waals surface area contributed by atoms with Gasteiger partial charge in [0, 0.05) is 23.8 Å². The lowest BCUT2D eigenvalue weighted by atomic mass is 10.1. The van der Waals surface area contributed by atoms with Gasteiger partial charge in [0.1, 0.15) is 0 Å². The molecule has 23 heavy (non-hydrogen) atoms. The first-order valence-electron chi connectivity index (χ1n) is 7.09. The molecule has 0 bridgehead atoms. The fourth-order valence-corrected chi connectivity index (χ4v) is 2.58. The van der Waals surface area contributed by atoms with E-state index in [4.69, 9.17) is 0 Å². The lowest BCUT2D eigenvalue weighted by molar-refractivity contribution is 0.433. The molecule has 0 amide bonds. The Morgan fingerprint density at radius 1 is 0.913 bits per heavy atom. The largest absolute Gasteiger partial charge is 0.505 e. The third-order valence-electron chi connectivity index (χ3n) is 3.76. The molecule has 0 aliphatic carbocycles. The van der Waals surface area contributed by atoms with Crippen molar-refractivity contribution in [1.29, 1.82) is 0 Å². The predicted octanol–water partition coefficient (Wildman–Crippen LogP) is 3.93. The van der Waals surface area contributed by atoms with Gasteiger partial charge >= 0.3 is 0 Å². The molecule has 5 heteroatoms. The van der Waals surface area contributed by atoms with Gasteiger partial charge in [-0.05, 0) is 41.5 Å². The second-order valence-corrected chi connectivity index (χ2v) is 5.20. The van der Waals surface area contributed by atoms with Crippen LogP contribution >= 0.6 is 0 Å². The third-order valence-corrected chi connectivity index (χ3v) is 3.76. The van der Waals surface area contributed by atoms with Crippen LogP contribution in [0.15, 0.2) is 67.1 Å². The number of hydrogen-bond donors (Lipinski definition) is 1. The number of pyridine rings is 1. The van der Waals surface area contributed by atoms with Crippen LogP contribution in [0.3, 0.4) is 0 Å². The molecule has 0 saturated heterocycles. The minimum atomic E-state index is -0.648. The van der Waals surface area contributed by atoms with Gasteiger partial charge in [0.25, 0.3) is 0 Å². The van der Waals surface area contributed by atoms with E-state index in [0.29, 0.717) is 10.9 Å². The third kappa shape index (κ3) is 2.32. The maximum Gasteiger partial charge on any atom is 0.165 e. The van der Waals surface area contributed by atoms with E-state index in [1.54, 1.807) is 23.3 Å². The Hall–Kier alpha value is -3.21. The van der Waals surface area contributed by atoms with Crippen LogP contribution in [0, 0.1) is 5.82 Å². The van der Waals surface area contributed by atoms with E-state index >= 15 is 0 Å². The normalized spacial score (nSPS) is 11.0. The maximum absolute atomic E-state index is 13.4. The summed E-state index contributed by atoms with van der Waals surface area (Å²) in [6, 6.07) is 14.4. The van der Waals surface area contributed by atoms with Crippen LogP contribution in [-0.4, -0.2) is 19.9 Å². The molecule has 0 fully saturated rings. The standard InChI is InChI=1S/C18H12FN3O/c19-16-9-14-11-21-22(17(14)10-18(16)23)15-3-1-12(2-4-15)13-5-7-20-8-6-13/h1-11,23H. The molecular weight excluding hydrogens is 293 g/mol. The summed E-state index contributed by atoms with van der Waals surface area (Å²) in [4.78, 5) is 4.01. The second-order valence-electron chi connectivity index (χ2n) is 5.20. The van der Waals surface area contributed by atoms with Gasteiger partial charge in [-0.2, -0.15) is 5.10 Å². The topological polar surface area (TPSA) is 50.9 Å². The summed E-state index contributed by atoms with van der Waals surface area (Å²) in [6.07, 6.45) is 5.08. The summed E-state index contributed by atoms with van der Waals surface area (Å²) in [6.45, 7) is 0. The summed E-state index contributed by atoms with van der Waals surface area (Å²) in [5, 5.41) is 14.5. The lowest BCUT2D eigenvalue weighted by Crippen LogP contribution is -1.95. The molecule has 0 unspecified atom stereocenters. The molecule has 4 rings (SSSR count). The van der Waals surface area contributed by atoms with E-state index in [1.165, 1.54) is 12.1 Å². The van der Waals surface area contributed by atoms with Crippen molar-refractivity contribution in [1.82, 2.24) is 14.8 Å². The Morgan fingerprint density at radius 2 is 1.61 bits per heavy atom. The highest BCUT2D eigenvalue weighted by atomic mass is 19.1. The molecule has 2 aromatic carbocycles. The van der Waals surface area contributed by atoms with Gasteiger partial charge in [-0.3, -0.25) is 4.98 Å². The first-order valence-corrected chi connectivity index (χ1v) is 7.09. The zero-order valence-electron chi connectivity index (χ0n) is 12.0. The van der Waals surface area contributed by atoms with Crippen molar-refractivity contribution in [3.8, 4) is 22.6 Å². The van der Waals surface area contributed by atoms with Crippen LogP contribution in [0.5, 0.6) is 5.75 Å². The monoisotopic (exact) mass is 305 g/mol. The number of rotatable bonds is 2. The van der Waals surface area contributed by atoms with E-state index in [1.807, 2.05) is 36.4 Å². The van der Waals surface area contributed by atoms with Crippen LogP contribution in [0.25, 0.3) is 27.7 Å². The second kappa shape index (κ2) is 5.21. The number of halogens is 1. The van der Waals surface area contributed by atoms with Crippen LogP contribution in [0.1, 0.15) is 0 Å². The van der Waals surface area contributed by atoms with Crippen molar-refractivity contribution in [2.45, 2.75) is 0 Å². The molecule has 2 heterocycles. The van der Waals surface area contributed by atoms with E-state index < -0.39 is 5.82 Å². The van der Waals surface area contributed by atoms with Crippen LogP contribution in [0.4, 0.5) is 4.39 Å². The van der Waals surface area contributed by atoms with Gasteiger partial charge in [0.2, 0.25) is 0 Å². The highest BCUT2D eigenvalue weighted by Crippen LogP contribution is 2.26. The zero-order chi connectivity index (χ0) is 15.8. The molecule has 0 atom stereocenters. The Labute approximate surface area is 131 Å². The molecule has 4 nitrogen and oxygen atoms in total. The van der Waals surface area contributed by atoms with Gasteiger partial charge in [-0.15, -0.1) is 0 Å². The van der Waals surface area contributed by atoms with Gasteiger partial charge in [0.05, 0.1) is 17.4 Å². The van der Waals surface area contributed by atoms with Crippen LogP contribution in [-0.2, 0) is 0 Å². The van der Waals surface area contributed by atoms with Crippen LogP contribution < -0.4 is 0 Å². The van der Waals surface area contributed by atoms with E-state index in [-0.39, 0.29) is 5.75 Å². The summed E-state index contributed by atoms with van der Waals surface area (Å²) < 4.78 is 15.1. The molecule has 0 aliphatic rings. The van der Waals surface area contributed by atoms with Crippen molar-refractivity contribution >= 4 is 10.9 Å². The number of hydrogen-bond acceptors (Lipinski definition) is 3. The van der Waals surface area contributed by atoms with Crippen molar-refractivity contribution < 1.29 is 9.50 Å². The van der Waals surface area contributed by atoms with Gasteiger partial charge in [-0.25, -0.2) is 9.07 Å². The number of aromatic hydroxyl groups is 1. The van der Waals surface area contributed by atoms with Gasteiger partial charge in [0.15, 0.2) is 11.6 Å². The van der Waals surface area contributed by atoms with E-state index in [9.17, 15) is 9.50 Å². The van der Waals surface area contributed by atoms with E-state index in [0.717, 1.165) is 16.8 Å². The first-order chi connectivity index (χ1) is 11.2. The zero-order valence-corrected chi connectivity index (χ0v) is 12.0. The molecule has 112 valence electrons. The number of fused-ring (bicyclic) bond motifs is 1. The molecule has 0 spiro atoms. The summed E-state index contributed by atoms with van der Waals surface area (Å²) in [5.41, 5.74) is 3.64. The molecule has 2 aromatic heterocycles. The molecule has 0 radical (unpaired) electrons. The van der Waals surface area contributed by atoms with Gasteiger partial charge in [-0.1, -0.05) is 12.1 Å². The molecule has 0 saturated carbocycles. The van der Waals surface area contributed by atoms with Crippen molar-refractivity contribution in [3.05, 3.63) is 72.9 Å². The van der Waals surface area contributed by atoms with Gasteiger partial charge < -0.3 is 5.11 Å². The molecule has 0 aliphatic heterocycles. The van der Waals surface area contributed by atoms with Crippen LogP contribution in [0.2, 0.25) is 0 Å². The number of benzene rings is 2. The number of nitrogens with zero attached hydrogens (tertiary/aromatic N) is 3. The number of aromatic nitrogens is 3. The average molecular weight is 305 g/mol. The fourth-order valence-electron chi connectivity index (χ4n) is 2.58. The average Bonchev–Trinajstić information content (AvgIpc) is 2.99.